The molecule has 0 fully saturated rings. The van der Waals surface area contributed by atoms with Gasteiger partial charge in [-0.3, -0.25) is 9.59 Å². The van der Waals surface area contributed by atoms with Gasteiger partial charge in [0.25, 0.3) is 5.56 Å². The van der Waals surface area contributed by atoms with Crippen LogP contribution in [0.5, 0.6) is 0 Å². The van der Waals surface area contributed by atoms with E-state index in [-0.39, 0.29) is 47.6 Å². The monoisotopic (exact) mass is 406 g/mol. The highest BCUT2D eigenvalue weighted by molar-refractivity contribution is 5.88. The maximum Gasteiger partial charge on any atom is 0.343 e. The van der Waals surface area contributed by atoms with Crippen molar-refractivity contribution in [1.29, 1.82) is 0 Å². The predicted octanol–water partition coefficient (Wildman–Crippen LogP) is 2.50. The second-order valence-electron chi connectivity index (χ2n) is 8.34. The SMILES string of the molecule is CC[C@@]1(O)C(=O)OCc2c1cc1n(c2=O)Cc2c-1[nH]c1c(C(C)C)cccc1c2=O. The molecule has 0 spiro atoms. The Morgan fingerprint density at radius 2 is 2.00 bits per heavy atom. The van der Waals surface area contributed by atoms with Gasteiger partial charge in [-0.1, -0.05) is 32.9 Å². The molecule has 2 aliphatic rings. The fraction of sp³-hybridized carbons (Fsp3) is 0.348. The number of benzene rings is 1. The number of H-pyrrole nitrogens is 1. The summed E-state index contributed by atoms with van der Waals surface area (Å²) in [5.41, 5.74) is 1.55. The van der Waals surface area contributed by atoms with Gasteiger partial charge in [0, 0.05) is 16.5 Å². The molecular weight excluding hydrogens is 384 g/mol. The van der Waals surface area contributed by atoms with E-state index in [2.05, 4.69) is 18.8 Å². The smallest absolute Gasteiger partial charge is 0.343 e. The first-order chi connectivity index (χ1) is 14.3. The molecule has 1 aromatic carbocycles. The van der Waals surface area contributed by atoms with E-state index in [0.717, 1.165) is 11.1 Å². The highest BCUT2D eigenvalue weighted by Crippen LogP contribution is 2.38. The average molecular weight is 406 g/mol. The van der Waals surface area contributed by atoms with E-state index >= 15 is 0 Å². The maximum atomic E-state index is 13.3. The van der Waals surface area contributed by atoms with Gasteiger partial charge in [-0.15, -0.1) is 0 Å². The Kier molecular flexibility index (Phi) is 3.86. The lowest BCUT2D eigenvalue weighted by Crippen LogP contribution is -2.44. The van der Waals surface area contributed by atoms with Crippen LogP contribution in [0.4, 0.5) is 0 Å². The summed E-state index contributed by atoms with van der Waals surface area (Å²) in [5.74, 6) is -0.552. The third kappa shape index (κ3) is 2.26. The Hall–Kier alpha value is -3.19. The molecule has 2 aromatic heterocycles. The normalized spacial score (nSPS) is 19.6. The number of aromatic amines is 1. The van der Waals surface area contributed by atoms with Crippen LogP contribution < -0.4 is 11.0 Å². The molecule has 2 aliphatic heterocycles. The van der Waals surface area contributed by atoms with Gasteiger partial charge in [-0.25, -0.2) is 4.79 Å². The molecule has 2 N–H and O–H groups in total. The van der Waals surface area contributed by atoms with Gasteiger partial charge < -0.3 is 19.4 Å². The van der Waals surface area contributed by atoms with E-state index in [1.807, 2.05) is 12.1 Å². The summed E-state index contributed by atoms with van der Waals surface area (Å²) in [5, 5.41) is 11.5. The van der Waals surface area contributed by atoms with Crippen molar-refractivity contribution in [3.8, 4) is 11.4 Å². The number of carbonyl (C=O) groups excluding carboxylic acids is 1. The van der Waals surface area contributed by atoms with Crippen LogP contribution in [-0.4, -0.2) is 20.6 Å². The number of carbonyl (C=O) groups is 1. The zero-order chi connectivity index (χ0) is 21.4. The second kappa shape index (κ2) is 6.15. The predicted molar refractivity (Wildman–Crippen MR) is 111 cm³/mol. The van der Waals surface area contributed by atoms with Crippen LogP contribution in [0.3, 0.4) is 0 Å². The van der Waals surface area contributed by atoms with Crippen LogP contribution in [-0.2, 0) is 28.3 Å². The number of rotatable bonds is 2. The summed E-state index contributed by atoms with van der Waals surface area (Å²) in [7, 11) is 0. The topological polar surface area (TPSA) is 101 Å². The minimum absolute atomic E-state index is 0.0837. The molecule has 0 saturated heterocycles. The number of esters is 1. The second-order valence-corrected chi connectivity index (χ2v) is 8.34. The van der Waals surface area contributed by atoms with Gasteiger partial charge in [-0.2, -0.15) is 0 Å². The number of ether oxygens (including phenoxy) is 1. The molecule has 154 valence electrons. The van der Waals surface area contributed by atoms with Gasteiger partial charge in [0.2, 0.25) is 0 Å². The third-order valence-electron chi connectivity index (χ3n) is 6.40. The Bertz CT molecular complexity index is 1360. The number of hydrogen-bond donors (Lipinski definition) is 2. The summed E-state index contributed by atoms with van der Waals surface area (Å²) in [6, 6.07) is 7.30. The molecule has 0 unspecified atom stereocenters. The summed E-state index contributed by atoms with van der Waals surface area (Å²) < 4.78 is 6.60. The van der Waals surface area contributed by atoms with E-state index in [9.17, 15) is 19.5 Å². The first-order valence-electron chi connectivity index (χ1n) is 10.1. The minimum Gasteiger partial charge on any atom is -0.458 e. The molecule has 3 aromatic rings. The Labute approximate surface area is 171 Å². The number of pyridine rings is 2. The lowest BCUT2D eigenvalue weighted by molar-refractivity contribution is -0.172. The molecular formula is C23H22N2O5. The van der Waals surface area contributed by atoms with E-state index in [0.29, 0.717) is 22.3 Å². The Morgan fingerprint density at radius 1 is 1.23 bits per heavy atom. The van der Waals surface area contributed by atoms with Crippen LogP contribution in [0.25, 0.3) is 22.3 Å². The first-order valence-corrected chi connectivity index (χ1v) is 10.1. The number of hydrogen-bond acceptors (Lipinski definition) is 5. The van der Waals surface area contributed by atoms with Gasteiger partial charge in [0.15, 0.2) is 11.0 Å². The summed E-state index contributed by atoms with van der Waals surface area (Å²) in [6.07, 6.45) is 0.0837. The first kappa shape index (κ1) is 18.8. The van der Waals surface area contributed by atoms with Crippen LogP contribution in [0.15, 0.2) is 33.9 Å². The molecule has 1 atom stereocenters. The van der Waals surface area contributed by atoms with Crippen molar-refractivity contribution >= 4 is 16.9 Å². The molecule has 0 amide bonds. The third-order valence-corrected chi connectivity index (χ3v) is 6.40. The number of aromatic nitrogens is 2. The van der Waals surface area contributed by atoms with Crippen molar-refractivity contribution in [2.45, 2.75) is 51.9 Å². The van der Waals surface area contributed by atoms with Gasteiger partial charge in [0.05, 0.1) is 29.0 Å². The number of para-hydroxylation sites is 1. The summed E-state index contributed by atoms with van der Waals surface area (Å²) in [6.45, 7) is 5.75. The number of nitrogens with one attached hydrogen (secondary N) is 1. The maximum absolute atomic E-state index is 13.3. The number of cyclic esters (lactones) is 1. The molecule has 5 rings (SSSR count). The van der Waals surface area contributed by atoms with Crippen molar-refractivity contribution in [3.63, 3.8) is 0 Å². The van der Waals surface area contributed by atoms with Crippen LogP contribution in [0.2, 0.25) is 0 Å². The lowest BCUT2D eigenvalue weighted by atomic mass is 9.86. The lowest BCUT2D eigenvalue weighted by Gasteiger charge is -2.31. The zero-order valence-corrected chi connectivity index (χ0v) is 17.0. The van der Waals surface area contributed by atoms with Crippen LogP contribution >= 0.6 is 0 Å². The highest BCUT2D eigenvalue weighted by Gasteiger charge is 2.45. The summed E-state index contributed by atoms with van der Waals surface area (Å²) in [4.78, 5) is 42.1. The molecule has 0 radical (unpaired) electrons. The molecule has 30 heavy (non-hydrogen) atoms. The van der Waals surface area contributed by atoms with Crippen LogP contribution in [0.1, 0.15) is 55.4 Å². The number of fused-ring (bicyclic) bond motifs is 5. The van der Waals surface area contributed by atoms with Crippen molar-refractivity contribution in [2.24, 2.45) is 0 Å². The number of aliphatic hydroxyl groups is 1. The standard InChI is InChI=1S/C23H22N2O5/c1-4-23(29)16-8-17-19-14(9-25(17)21(27)15(16)10-30-22(23)28)20(26)13-7-5-6-12(11(2)3)18(13)24-19/h5-8,11,29H,4,9-10H2,1-3H3,(H,24,26)/t23-/m0/s1. The molecule has 0 saturated carbocycles. The highest BCUT2D eigenvalue weighted by atomic mass is 16.6. The van der Waals surface area contributed by atoms with E-state index < -0.39 is 11.6 Å². The van der Waals surface area contributed by atoms with Crippen molar-refractivity contribution in [2.75, 3.05) is 0 Å². The Morgan fingerprint density at radius 3 is 2.70 bits per heavy atom. The van der Waals surface area contributed by atoms with Crippen molar-refractivity contribution in [1.82, 2.24) is 9.55 Å². The largest absolute Gasteiger partial charge is 0.458 e. The zero-order valence-electron chi connectivity index (χ0n) is 17.0. The fourth-order valence-electron chi connectivity index (χ4n) is 4.65. The molecule has 7 heteroatoms. The minimum atomic E-state index is -1.87. The van der Waals surface area contributed by atoms with Crippen LogP contribution in [0, 0.1) is 0 Å². The van der Waals surface area contributed by atoms with Gasteiger partial charge in [0.1, 0.15) is 6.61 Å². The van der Waals surface area contributed by atoms with E-state index in [1.165, 1.54) is 4.57 Å². The Balaban J connectivity index is 1.85. The molecule has 0 aliphatic carbocycles. The molecule has 0 bridgehead atoms. The average Bonchev–Trinajstić information content (AvgIpc) is 3.10. The quantitative estimate of drug-likeness (QED) is 0.498. The van der Waals surface area contributed by atoms with Gasteiger partial charge in [-0.05, 0) is 30.0 Å². The van der Waals surface area contributed by atoms with E-state index in [4.69, 9.17) is 4.74 Å². The van der Waals surface area contributed by atoms with Crippen molar-refractivity contribution in [3.05, 3.63) is 67.1 Å². The molecule has 4 heterocycles. The number of nitrogens with zero attached hydrogens (tertiary/aromatic N) is 1. The van der Waals surface area contributed by atoms with Gasteiger partial charge >= 0.3 is 5.97 Å². The fourth-order valence-corrected chi connectivity index (χ4v) is 4.65. The summed E-state index contributed by atoms with van der Waals surface area (Å²) >= 11 is 0. The van der Waals surface area contributed by atoms with Crippen molar-refractivity contribution < 1.29 is 14.6 Å². The molecule has 7 nitrogen and oxygen atoms in total. The van der Waals surface area contributed by atoms with E-state index in [1.54, 1.807) is 19.1 Å².